The smallest absolute Gasteiger partial charge is 0.357 e. The zero-order valence-electron chi connectivity index (χ0n) is 27.3. The van der Waals surface area contributed by atoms with Crippen LogP contribution in [-0.4, -0.2) is 70.4 Å². The fraction of sp³-hybridized carbons (Fsp3) is 0.135. The number of nitrogens with one attached hydrogen (secondary N) is 1. The third kappa shape index (κ3) is 5.67. The number of benzene rings is 4. The van der Waals surface area contributed by atoms with Crippen molar-refractivity contribution in [1.29, 1.82) is 0 Å². The van der Waals surface area contributed by atoms with Gasteiger partial charge in [0.05, 0.1) is 28.2 Å². The molecule has 12 nitrogen and oxygen atoms in total. The Morgan fingerprint density at radius 3 is 1.51 bits per heavy atom. The van der Waals surface area contributed by atoms with Crippen LogP contribution in [0.5, 0.6) is 0 Å². The number of fused-ring (bicyclic) bond motifs is 20. The second-order valence-electron chi connectivity index (χ2n) is 12.4. The van der Waals surface area contributed by atoms with E-state index < -0.39 is 10.0 Å². The molecule has 0 atom stereocenters. The van der Waals surface area contributed by atoms with Gasteiger partial charge in [-0.25, -0.2) is 23.1 Å². The van der Waals surface area contributed by atoms with Crippen molar-refractivity contribution in [1.82, 2.24) is 49.5 Å². The summed E-state index contributed by atoms with van der Waals surface area (Å²) in [5, 5.41) is 3.07. The van der Waals surface area contributed by atoms with Gasteiger partial charge >= 0.3 is 17.1 Å². The molecule has 1 radical (unpaired) electrons. The maximum absolute atomic E-state index is 13.9. The van der Waals surface area contributed by atoms with E-state index in [0.29, 0.717) is 51.8 Å². The van der Waals surface area contributed by atoms with Crippen LogP contribution >= 0.6 is 0 Å². The van der Waals surface area contributed by atoms with E-state index in [-0.39, 0.29) is 40.2 Å². The van der Waals surface area contributed by atoms with Gasteiger partial charge in [0, 0.05) is 51.4 Å². The van der Waals surface area contributed by atoms with Crippen LogP contribution in [0.1, 0.15) is 6.42 Å². The minimum Gasteiger partial charge on any atom is -0.357 e. The molecule has 5 heterocycles. The molecular weight excluding hydrogens is 712 g/mol. The Morgan fingerprint density at radius 1 is 0.569 bits per heavy atom. The molecule has 1 N–H and O–H groups in total. The van der Waals surface area contributed by atoms with E-state index in [2.05, 4.69) is 4.72 Å². The minimum atomic E-state index is -3.96. The van der Waals surface area contributed by atoms with E-state index in [1.807, 2.05) is 91.8 Å². The molecular formula is C37H28CuN10O2S. The molecule has 0 saturated heterocycles. The van der Waals surface area contributed by atoms with Crippen LogP contribution in [0, 0.1) is 0 Å². The average molecular weight is 740 g/mol. The van der Waals surface area contributed by atoms with Gasteiger partial charge in [-0.1, -0.05) is 84.9 Å². The Labute approximate surface area is 303 Å². The first-order valence-corrected chi connectivity index (χ1v) is 17.6. The predicted octanol–water partition coefficient (Wildman–Crippen LogP) is 5.35. The summed E-state index contributed by atoms with van der Waals surface area (Å²) in [7, 11) is -0.0634. The van der Waals surface area contributed by atoms with Gasteiger partial charge in [-0.15, -0.1) is 0 Å². The Kier molecular flexibility index (Phi) is 8.20. The standard InChI is InChI=1S/C37H28N10O2S.Cu/c1-47(2)20-10-19-38-50(48,49)28-18-9-17-27-29(28)37-45-35-26-16-8-7-15-25(26)33(43-35)41-31-22-12-4-3-11-21(22)30(39-31)40-32-23-13-5-6-14-24(23)34(42-32)44-36(27)46-37;/h3-9,11-18,38H,10,19-20H2,1-2H3;/q-2;+2. The largest absolute Gasteiger partial charge is 2.00 e. The number of aromatic nitrogens is 8. The molecule has 51 heavy (non-hydrogen) atoms. The summed E-state index contributed by atoms with van der Waals surface area (Å²) in [6, 6.07) is 28.2. The molecule has 255 valence electrons. The summed E-state index contributed by atoms with van der Waals surface area (Å²) in [5.41, 5.74) is 4.14. The third-order valence-electron chi connectivity index (χ3n) is 8.78. The molecule has 0 fully saturated rings. The first-order chi connectivity index (χ1) is 24.3. The molecule has 2 aliphatic rings. The molecule has 0 amide bonds. The average Bonchev–Trinajstić information content (AvgIpc) is 3.86. The fourth-order valence-electron chi connectivity index (χ4n) is 6.43. The number of sulfonamides is 1. The minimum absolute atomic E-state index is 0. The zero-order chi connectivity index (χ0) is 34.0. The Morgan fingerprint density at radius 2 is 1.00 bits per heavy atom. The van der Waals surface area contributed by atoms with Gasteiger partial charge in [-0.05, 0) is 54.7 Å². The van der Waals surface area contributed by atoms with Crippen molar-refractivity contribution in [2.75, 3.05) is 27.2 Å². The molecule has 7 aromatic rings. The maximum atomic E-state index is 13.9. The summed E-state index contributed by atoms with van der Waals surface area (Å²) in [5.74, 6) is 1.41. The second-order valence-corrected chi connectivity index (χ2v) is 14.1. The Hall–Kier alpha value is -5.37. The predicted molar refractivity (Wildman–Crippen MR) is 192 cm³/mol. The van der Waals surface area contributed by atoms with E-state index in [1.54, 1.807) is 18.2 Å². The van der Waals surface area contributed by atoms with Gasteiger partial charge in [0.25, 0.3) is 0 Å². The van der Waals surface area contributed by atoms with Gasteiger partial charge in [0.15, 0.2) is 0 Å². The molecule has 2 aliphatic heterocycles. The summed E-state index contributed by atoms with van der Waals surface area (Å²) in [6.45, 7) is 1.01. The summed E-state index contributed by atoms with van der Waals surface area (Å²) in [4.78, 5) is 41.3. The van der Waals surface area contributed by atoms with Gasteiger partial charge in [0.1, 0.15) is 0 Å². The first kappa shape index (κ1) is 32.8. The van der Waals surface area contributed by atoms with Crippen molar-refractivity contribution in [3.8, 4) is 45.6 Å². The summed E-state index contributed by atoms with van der Waals surface area (Å²) < 4.78 is 30.5. The van der Waals surface area contributed by atoms with Crippen LogP contribution in [0.15, 0.2) is 95.9 Å². The van der Waals surface area contributed by atoms with E-state index >= 15 is 0 Å². The molecule has 3 aromatic heterocycles. The maximum Gasteiger partial charge on any atom is 2.00 e. The van der Waals surface area contributed by atoms with Crippen LogP contribution in [-0.2, 0) is 27.1 Å². The van der Waals surface area contributed by atoms with Crippen LogP contribution in [0.4, 0.5) is 0 Å². The van der Waals surface area contributed by atoms with Crippen molar-refractivity contribution in [3.63, 3.8) is 0 Å². The molecule has 0 saturated carbocycles. The summed E-state index contributed by atoms with van der Waals surface area (Å²) in [6.07, 6.45) is 0.646. The zero-order valence-corrected chi connectivity index (χ0v) is 29.1. The number of rotatable bonds is 6. The first-order valence-electron chi connectivity index (χ1n) is 16.1. The van der Waals surface area contributed by atoms with Crippen molar-refractivity contribution in [3.05, 3.63) is 91.0 Å². The molecule has 0 spiro atoms. The fourth-order valence-corrected chi connectivity index (χ4v) is 7.72. The van der Waals surface area contributed by atoms with Gasteiger partial charge in [-0.3, -0.25) is 0 Å². The quantitative estimate of drug-likeness (QED) is 0.173. The number of nitrogens with zero attached hydrogens (tertiary/aromatic N) is 9. The molecule has 0 unspecified atom stereocenters. The van der Waals surface area contributed by atoms with Crippen molar-refractivity contribution >= 4 is 54.2 Å². The van der Waals surface area contributed by atoms with E-state index in [0.717, 1.165) is 39.2 Å². The molecule has 14 heteroatoms. The second kappa shape index (κ2) is 12.7. The van der Waals surface area contributed by atoms with Crippen LogP contribution in [0.2, 0.25) is 0 Å². The normalized spacial score (nSPS) is 12.2. The van der Waals surface area contributed by atoms with Crippen LogP contribution in [0.25, 0.3) is 89.7 Å². The van der Waals surface area contributed by atoms with E-state index in [9.17, 15) is 8.42 Å². The molecule has 4 aromatic carbocycles. The van der Waals surface area contributed by atoms with E-state index in [1.165, 1.54) is 0 Å². The molecule has 9 rings (SSSR count). The van der Waals surface area contributed by atoms with Crippen molar-refractivity contribution in [2.24, 2.45) is 0 Å². The Balaban J connectivity index is 0.00000374. The van der Waals surface area contributed by atoms with Crippen LogP contribution < -0.4 is 14.7 Å². The van der Waals surface area contributed by atoms with Crippen LogP contribution in [0.3, 0.4) is 0 Å². The SMILES string of the molecule is CN(C)CCCNS(=O)(=O)c1cccc2c1-c1nc-2nc2[n-]c(nc3nc(nc4[n-]c(n1)c1ccccc41)-c1ccccc1-3)c1ccccc21.[Cu+2]. The topological polar surface area (TPSA) is 155 Å². The van der Waals surface area contributed by atoms with Crippen molar-refractivity contribution in [2.45, 2.75) is 11.3 Å². The molecule has 8 bridgehead atoms. The van der Waals surface area contributed by atoms with Gasteiger partial charge in [0.2, 0.25) is 10.0 Å². The summed E-state index contributed by atoms with van der Waals surface area (Å²) >= 11 is 0. The monoisotopic (exact) mass is 739 g/mol. The Bertz CT molecular complexity index is 2790. The van der Waals surface area contributed by atoms with Crippen molar-refractivity contribution < 1.29 is 25.5 Å². The molecule has 0 aliphatic carbocycles. The van der Waals surface area contributed by atoms with E-state index in [4.69, 9.17) is 39.9 Å². The number of hydrogen-bond donors (Lipinski definition) is 1. The van der Waals surface area contributed by atoms with Gasteiger partial charge in [-0.2, -0.15) is 0 Å². The van der Waals surface area contributed by atoms with Gasteiger partial charge < -0.3 is 34.8 Å². The number of hydrogen-bond acceptors (Lipinski definition) is 9. The third-order valence-corrected chi connectivity index (χ3v) is 10.3.